The van der Waals surface area contributed by atoms with Crippen LogP contribution in [-0.2, 0) is 11.3 Å². The molecule has 0 saturated heterocycles. The Hall–Kier alpha value is -3.87. The van der Waals surface area contributed by atoms with E-state index >= 15 is 0 Å². The molecule has 158 valence electrons. The van der Waals surface area contributed by atoms with Crippen molar-refractivity contribution in [2.24, 2.45) is 5.73 Å². The molecule has 0 fully saturated rings. The minimum atomic E-state index is -0.659. The summed E-state index contributed by atoms with van der Waals surface area (Å²) in [5.41, 5.74) is 9.09. The summed E-state index contributed by atoms with van der Waals surface area (Å²) in [6.45, 7) is 4.52. The molecule has 1 aliphatic heterocycles. The molecule has 3 N–H and O–H groups in total. The lowest BCUT2D eigenvalue weighted by atomic mass is 9.83. The van der Waals surface area contributed by atoms with Crippen LogP contribution < -0.4 is 21.3 Å². The second-order valence-electron chi connectivity index (χ2n) is 7.39. The van der Waals surface area contributed by atoms with Crippen molar-refractivity contribution >= 4 is 5.91 Å². The smallest absolute Gasteiger partial charge is 0.258 e. The molecule has 0 spiro atoms. The second kappa shape index (κ2) is 8.47. The maximum atomic E-state index is 13.7. The first-order valence-electron chi connectivity index (χ1n) is 10.1. The number of carbonyl (C=O) groups is 1. The van der Waals surface area contributed by atoms with Gasteiger partial charge in [0.25, 0.3) is 11.5 Å². The van der Waals surface area contributed by atoms with Crippen LogP contribution in [0.15, 0.2) is 77.2 Å². The summed E-state index contributed by atoms with van der Waals surface area (Å²) in [6.07, 6.45) is 3.26. The number of nitrogens with two attached hydrogens (primary N) is 1. The molecule has 3 aromatic rings. The molecule has 1 unspecified atom stereocenters. The van der Waals surface area contributed by atoms with E-state index in [9.17, 15) is 9.59 Å². The maximum Gasteiger partial charge on any atom is 0.258 e. The number of hydrogen-bond donors (Lipinski definition) is 2. The molecule has 2 aromatic heterocycles. The molecule has 1 amide bonds. The van der Waals surface area contributed by atoms with E-state index in [-0.39, 0.29) is 22.9 Å². The van der Waals surface area contributed by atoms with Gasteiger partial charge in [-0.2, -0.15) is 0 Å². The van der Waals surface area contributed by atoms with E-state index in [4.69, 9.17) is 10.5 Å². The summed E-state index contributed by atoms with van der Waals surface area (Å²) in [4.78, 5) is 30.7. The van der Waals surface area contributed by atoms with Crippen molar-refractivity contribution in [1.82, 2.24) is 14.9 Å². The van der Waals surface area contributed by atoms with Crippen LogP contribution >= 0.6 is 0 Å². The third-order valence-electron chi connectivity index (χ3n) is 5.37. The minimum absolute atomic E-state index is 0.000119. The van der Waals surface area contributed by atoms with Gasteiger partial charge in [0, 0.05) is 30.7 Å². The topological polar surface area (TPSA) is 99.2 Å². The average Bonchev–Trinajstić information content (AvgIpc) is 2.77. The summed E-state index contributed by atoms with van der Waals surface area (Å²) in [6, 6.07) is 15.1. The number of ether oxygens (including phenoxy) is 1. The Morgan fingerprint density at radius 2 is 1.90 bits per heavy atom. The summed E-state index contributed by atoms with van der Waals surface area (Å²) in [7, 11) is 0. The molecule has 0 bridgehead atoms. The number of nitrogens with one attached hydrogen (secondary N) is 1. The Morgan fingerprint density at radius 1 is 1.19 bits per heavy atom. The number of aromatic nitrogens is 2. The molecule has 4 rings (SSSR count). The van der Waals surface area contributed by atoms with Crippen LogP contribution in [0.3, 0.4) is 0 Å². The number of benzene rings is 1. The van der Waals surface area contributed by atoms with E-state index in [1.54, 1.807) is 35.2 Å². The summed E-state index contributed by atoms with van der Waals surface area (Å²) in [5, 5.41) is 2.78. The number of nitrogens with zero attached hydrogens (tertiary/aromatic N) is 2. The number of pyridine rings is 2. The lowest BCUT2D eigenvalue weighted by molar-refractivity contribution is -0.117. The van der Waals surface area contributed by atoms with Gasteiger partial charge < -0.3 is 20.4 Å². The van der Waals surface area contributed by atoms with Crippen LogP contribution in [-0.4, -0.2) is 22.0 Å². The Morgan fingerprint density at radius 3 is 2.58 bits per heavy atom. The number of fused-ring (bicyclic) bond motifs is 1. The van der Waals surface area contributed by atoms with Gasteiger partial charge in [-0.25, -0.2) is 0 Å². The van der Waals surface area contributed by atoms with Crippen LogP contribution in [0.5, 0.6) is 5.75 Å². The molecule has 1 aliphatic rings. The van der Waals surface area contributed by atoms with E-state index in [0.29, 0.717) is 24.4 Å². The highest BCUT2D eigenvalue weighted by atomic mass is 16.5. The van der Waals surface area contributed by atoms with Gasteiger partial charge in [-0.05, 0) is 37.1 Å². The van der Waals surface area contributed by atoms with Crippen molar-refractivity contribution in [2.45, 2.75) is 26.3 Å². The van der Waals surface area contributed by atoms with Crippen molar-refractivity contribution in [1.29, 1.82) is 0 Å². The quantitative estimate of drug-likeness (QED) is 0.666. The minimum Gasteiger partial charge on any atom is -0.440 e. The van der Waals surface area contributed by atoms with Gasteiger partial charge in [0.1, 0.15) is 5.75 Å². The molecule has 0 radical (unpaired) electrons. The monoisotopic (exact) mass is 416 g/mol. The highest BCUT2D eigenvalue weighted by Gasteiger charge is 2.37. The summed E-state index contributed by atoms with van der Waals surface area (Å²) in [5.74, 6) is -0.644. The zero-order valence-corrected chi connectivity index (χ0v) is 17.5. The largest absolute Gasteiger partial charge is 0.440 e. The van der Waals surface area contributed by atoms with Gasteiger partial charge in [-0.1, -0.05) is 30.3 Å². The van der Waals surface area contributed by atoms with Gasteiger partial charge in [0.2, 0.25) is 5.88 Å². The molecule has 1 aromatic carbocycles. The van der Waals surface area contributed by atoms with Crippen LogP contribution in [0.1, 0.15) is 35.2 Å². The molecule has 7 heteroatoms. The number of likely N-dealkylation sites (N-methyl/N-ethyl adjacent to an activating group) is 1. The van der Waals surface area contributed by atoms with E-state index in [2.05, 4.69) is 10.3 Å². The number of hydrogen-bond acceptors (Lipinski definition) is 5. The SMILES string of the molecule is CCNC(=O)C1=C(N)Oc2cc(C)n(Cc3ccccc3)c(=O)c2C1c1ccncc1. The fourth-order valence-electron chi connectivity index (χ4n) is 3.92. The van der Waals surface area contributed by atoms with E-state index in [0.717, 1.165) is 16.8 Å². The van der Waals surface area contributed by atoms with Gasteiger partial charge in [0.15, 0.2) is 0 Å². The van der Waals surface area contributed by atoms with E-state index in [1.165, 1.54) is 0 Å². The first-order chi connectivity index (χ1) is 15.0. The van der Waals surface area contributed by atoms with Gasteiger partial charge in [-0.3, -0.25) is 14.6 Å². The predicted octanol–water partition coefficient (Wildman–Crippen LogP) is 2.43. The number of aryl methyl sites for hydroxylation is 1. The van der Waals surface area contributed by atoms with Crippen LogP contribution in [0.25, 0.3) is 0 Å². The van der Waals surface area contributed by atoms with Crippen molar-refractivity contribution < 1.29 is 9.53 Å². The maximum absolute atomic E-state index is 13.7. The standard InChI is InChI=1S/C24H24N4O3/c1-3-27-23(29)21-19(17-9-11-26-12-10-17)20-18(31-22(21)25)13-15(2)28(24(20)30)14-16-7-5-4-6-8-16/h4-13,19H,3,14,25H2,1-2H3,(H,27,29). The lowest BCUT2D eigenvalue weighted by Crippen LogP contribution is -2.38. The van der Waals surface area contributed by atoms with Crippen molar-refractivity contribution in [3.8, 4) is 5.75 Å². The molecular weight excluding hydrogens is 392 g/mol. The summed E-state index contributed by atoms with van der Waals surface area (Å²) >= 11 is 0. The number of carbonyl (C=O) groups excluding carboxylic acids is 1. The van der Waals surface area contributed by atoms with Crippen LogP contribution in [0.4, 0.5) is 0 Å². The molecular formula is C24H24N4O3. The van der Waals surface area contributed by atoms with Gasteiger partial charge >= 0.3 is 0 Å². The van der Waals surface area contributed by atoms with Crippen molar-refractivity contribution in [3.05, 3.63) is 105 Å². The zero-order valence-electron chi connectivity index (χ0n) is 17.5. The lowest BCUT2D eigenvalue weighted by Gasteiger charge is -2.29. The molecule has 7 nitrogen and oxygen atoms in total. The van der Waals surface area contributed by atoms with E-state index in [1.807, 2.05) is 44.2 Å². The third-order valence-corrected chi connectivity index (χ3v) is 5.37. The predicted molar refractivity (Wildman–Crippen MR) is 118 cm³/mol. The van der Waals surface area contributed by atoms with Crippen LogP contribution in [0.2, 0.25) is 0 Å². The molecule has 3 heterocycles. The Labute approximate surface area is 180 Å². The van der Waals surface area contributed by atoms with Crippen molar-refractivity contribution in [3.63, 3.8) is 0 Å². The Kier molecular flexibility index (Phi) is 5.58. The first-order valence-corrected chi connectivity index (χ1v) is 10.1. The average molecular weight is 416 g/mol. The molecule has 31 heavy (non-hydrogen) atoms. The molecule has 0 saturated carbocycles. The molecule has 0 aliphatic carbocycles. The zero-order chi connectivity index (χ0) is 22.0. The van der Waals surface area contributed by atoms with Gasteiger partial charge in [-0.15, -0.1) is 0 Å². The number of rotatable bonds is 5. The second-order valence-corrected chi connectivity index (χ2v) is 7.39. The number of amides is 1. The Bertz CT molecular complexity index is 1200. The Balaban J connectivity index is 1.92. The fourth-order valence-corrected chi connectivity index (χ4v) is 3.92. The first kappa shape index (κ1) is 20.4. The normalized spacial score (nSPS) is 15.2. The van der Waals surface area contributed by atoms with Gasteiger partial charge in [0.05, 0.1) is 23.6 Å². The summed E-state index contributed by atoms with van der Waals surface area (Å²) < 4.78 is 7.50. The molecule has 1 atom stereocenters. The third kappa shape index (κ3) is 3.82. The van der Waals surface area contributed by atoms with Crippen LogP contribution in [0, 0.1) is 6.92 Å². The highest BCUT2D eigenvalue weighted by molar-refractivity contribution is 5.96. The van der Waals surface area contributed by atoms with Crippen molar-refractivity contribution in [2.75, 3.05) is 6.54 Å². The fraction of sp³-hybridized carbons (Fsp3) is 0.208. The highest BCUT2D eigenvalue weighted by Crippen LogP contribution is 2.40. The van der Waals surface area contributed by atoms with E-state index < -0.39 is 5.92 Å².